The third kappa shape index (κ3) is 4.16. The number of hydrogen-bond acceptors (Lipinski definition) is 5. The third-order valence-electron chi connectivity index (χ3n) is 2.98. The van der Waals surface area contributed by atoms with E-state index < -0.39 is 0 Å². The summed E-state index contributed by atoms with van der Waals surface area (Å²) in [7, 11) is 2.08. The number of nitrogens with zero attached hydrogens (tertiary/aromatic N) is 2. The molecule has 0 aliphatic rings. The molecule has 2 aromatic rings. The fourth-order valence-electron chi connectivity index (χ4n) is 2.01. The minimum absolute atomic E-state index is 0.810. The molecule has 0 aliphatic heterocycles. The molecule has 0 aromatic carbocycles. The standard InChI is InChI=1S/C14H21N3OS/c1-4-15-6-12-5-14(18-11(12)2)8-17(3)7-13-9-19-10-16-13/h5,9-10,15H,4,6-8H2,1-3H3. The minimum atomic E-state index is 0.810. The van der Waals surface area contributed by atoms with Crippen LogP contribution in [0, 0.1) is 6.92 Å². The van der Waals surface area contributed by atoms with E-state index in [1.807, 2.05) is 12.4 Å². The van der Waals surface area contributed by atoms with E-state index in [0.717, 1.165) is 43.4 Å². The Bertz CT molecular complexity index is 493. The second kappa shape index (κ2) is 6.84. The Kier molecular flexibility index (Phi) is 5.13. The molecule has 0 bridgehead atoms. The first kappa shape index (κ1) is 14.2. The van der Waals surface area contributed by atoms with Gasteiger partial charge in [-0.05, 0) is 26.6 Å². The highest BCUT2D eigenvalue weighted by atomic mass is 32.1. The van der Waals surface area contributed by atoms with E-state index in [2.05, 4.69) is 40.6 Å². The Morgan fingerprint density at radius 2 is 2.26 bits per heavy atom. The molecule has 4 nitrogen and oxygen atoms in total. The van der Waals surface area contributed by atoms with Crippen molar-refractivity contribution in [2.24, 2.45) is 0 Å². The van der Waals surface area contributed by atoms with Crippen LogP contribution >= 0.6 is 11.3 Å². The van der Waals surface area contributed by atoms with Gasteiger partial charge in [-0.25, -0.2) is 4.98 Å². The molecular formula is C14H21N3OS. The molecule has 0 aliphatic carbocycles. The van der Waals surface area contributed by atoms with Gasteiger partial charge in [0.15, 0.2) is 0 Å². The molecule has 2 rings (SSSR count). The van der Waals surface area contributed by atoms with E-state index in [9.17, 15) is 0 Å². The smallest absolute Gasteiger partial charge is 0.118 e. The Morgan fingerprint density at radius 3 is 2.95 bits per heavy atom. The van der Waals surface area contributed by atoms with Crippen molar-refractivity contribution in [2.45, 2.75) is 33.5 Å². The number of nitrogens with one attached hydrogen (secondary N) is 1. The second-order valence-corrected chi connectivity index (χ2v) is 5.45. The fraction of sp³-hybridized carbons (Fsp3) is 0.500. The summed E-state index contributed by atoms with van der Waals surface area (Å²) in [5.41, 5.74) is 4.23. The van der Waals surface area contributed by atoms with Gasteiger partial charge in [-0.15, -0.1) is 11.3 Å². The van der Waals surface area contributed by atoms with E-state index in [-0.39, 0.29) is 0 Å². The normalized spacial score (nSPS) is 11.4. The molecule has 1 N–H and O–H groups in total. The van der Waals surface area contributed by atoms with Crippen LogP contribution in [0.1, 0.15) is 29.7 Å². The van der Waals surface area contributed by atoms with Crippen molar-refractivity contribution >= 4 is 11.3 Å². The van der Waals surface area contributed by atoms with Crippen molar-refractivity contribution in [3.63, 3.8) is 0 Å². The molecule has 0 amide bonds. The predicted octanol–water partition coefficient (Wildman–Crippen LogP) is 2.79. The van der Waals surface area contributed by atoms with Gasteiger partial charge in [0.05, 0.1) is 17.7 Å². The maximum Gasteiger partial charge on any atom is 0.118 e. The van der Waals surface area contributed by atoms with E-state index in [1.54, 1.807) is 11.3 Å². The lowest BCUT2D eigenvalue weighted by Crippen LogP contribution is -2.17. The molecule has 0 atom stereocenters. The number of hydrogen-bond donors (Lipinski definition) is 1. The third-order valence-corrected chi connectivity index (χ3v) is 3.61. The average Bonchev–Trinajstić information content (AvgIpc) is 2.97. The van der Waals surface area contributed by atoms with Crippen LogP contribution in [-0.4, -0.2) is 23.5 Å². The van der Waals surface area contributed by atoms with Crippen LogP contribution in [0.15, 0.2) is 21.4 Å². The summed E-state index contributed by atoms with van der Waals surface area (Å²) in [5.74, 6) is 2.03. The second-order valence-electron chi connectivity index (χ2n) is 4.73. The van der Waals surface area contributed by atoms with Crippen LogP contribution in [0.4, 0.5) is 0 Å². The van der Waals surface area contributed by atoms with Crippen molar-refractivity contribution in [3.05, 3.63) is 39.7 Å². The van der Waals surface area contributed by atoms with Crippen molar-refractivity contribution in [2.75, 3.05) is 13.6 Å². The highest BCUT2D eigenvalue weighted by Crippen LogP contribution is 2.16. The topological polar surface area (TPSA) is 41.3 Å². The lowest BCUT2D eigenvalue weighted by Gasteiger charge is -2.13. The molecule has 0 unspecified atom stereocenters. The van der Waals surface area contributed by atoms with Gasteiger partial charge in [-0.3, -0.25) is 4.90 Å². The van der Waals surface area contributed by atoms with Gasteiger partial charge >= 0.3 is 0 Å². The molecule has 0 radical (unpaired) electrons. The first-order chi connectivity index (χ1) is 9.19. The molecule has 0 fully saturated rings. The maximum absolute atomic E-state index is 5.80. The fourth-order valence-corrected chi connectivity index (χ4v) is 2.56. The molecule has 0 saturated heterocycles. The predicted molar refractivity (Wildman–Crippen MR) is 78.1 cm³/mol. The van der Waals surface area contributed by atoms with Gasteiger partial charge in [0.25, 0.3) is 0 Å². The van der Waals surface area contributed by atoms with Gasteiger partial charge in [0.1, 0.15) is 11.5 Å². The first-order valence-electron chi connectivity index (χ1n) is 6.53. The summed E-state index contributed by atoms with van der Waals surface area (Å²) in [6, 6.07) is 2.15. The van der Waals surface area contributed by atoms with Crippen molar-refractivity contribution in [1.29, 1.82) is 0 Å². The maximum atomic E-state index is 5.80. The molecule has 19 heavy (non-hydrogen) atoms. The van der Waals surface area contributed by atoms with E-state index in [4.69, 9.17) is 4.42 Å². The van der Waals surface area contributed by atoms with Crippen LogP contribution in [0.3, 0.4) is 0 Å². The lowest BCUT2D eigenvalue weighted by atomic mass is 10.2. The summed E-state index contributed by atoms with van der Waals surface area (Å²) >= 11 is 1.63. The molecule has 2 heterocycles. The van der Waals surface area contributed by atoms with Crippen LogP contribution in [0.5, 0.6) is 0 Å². The average molecular weight is 279 g/mol. The monoisotopic (exact) mass is 279 g/mol. The van der Waals surface area contributed by atoms with Crippen LogP contribution in [0.25, 0.3) is 0 Å². The molecule has 0 spiro atoms. The summed E-state index contributed by atoms with van der Waals surface area (Å²) in [4.78, 5) is 6.51. The quantitative estimate of drug-likeness (QED) is 0.846. The molecule has 5 heteroatoms. The van der Waals surface area contributed by atoms with Crippen LogP contribution in [0.2, 0.25) is 0 Å². The summed E-state index contributed by atoms with van der Waals surface area (Å²) in [6.07, 6.45) is 0. The minimum Gasteiger partial charge on any atom is -0.465 e. The SMILES string of the molecule is CCNCc1cc(CN(C)Cc2cscn2)oc1C. The number of aryl methyl sites for hydroxylation is 1. The number of rotatable bonds is 7. The highest BCUT2D eigenvalue weighted by Gasteiger charge is 2.10. The zero-order valence-corrected chi connectivity index (χ0v) is 12.6. The van der Waals surface area contributed by atoms with Gasteiger partial charge in [0, 0.05) is 24.0 Å². The van der Waals surface area contributed by atoms with Crippen molar-refractivity contribution < 1.29 is 4.42 Å². The summed E-state index contributed by atoms with van der Waals surface area (Å²) in [6.45, 7) is 7.65. The van der Waals surface area contributed by atoms with Crippen LogP contribution in [-0.2, 0) is 19.6 Å². The molecular weight excluding hydrogens is 258 g/mol. The van der Waals surface area contributed by atoms with Gasteiger partial charge < -0.3 is 9.73 Å². The Balaban J connectivity index is 1.91. The number of furan rings is 1. The summed E-state index contributed by atoms with van der Waals surface area (Å²) < 4.78 is 5.80. The zero-order valence-electron chi connectivity index (χ0n) is 11.8. The number of aromatic nitrogens is 1. The Hall–Kier alpha value is -1.17. The van der Waals surface area contributed by atoms with E-state index >= 15 is 0 Å². The van der Waals surface area contributed by atoms with E-state index in [1.165, 1.54) is 5.56 Å². The molecule has 2 aromatic heterocycles. The number of thiazole rings is 1. The van der Waals surface area contributed by atoms with Crippen LogP contribution < -0.4 is 5.32 Å². The van der Waals surface area contributed by atoms with Gasteiger partial charge in [-0.1, -0.05) is 6.92 Å². The highest BCUT2D eigenvalue weighted by molar-refractivity contribution is 7.07. The Morgan fingerprint density at radius 1 is 1.42 bits per heavy atom. The van der Waals surface area contributed by atoms with Crippen molar-refractivity contribution in [3.8, 4) is 0 Å². The lowest BCUT2D eigenvalue weighted by molar-refractivity contribution is 0.282. The van der Waals surface area contributed by atoms with Gasteiger partial charge in [0.2, 0.25) is 0 Å². The largest absolute Gasteiger partial charge is 0.465 e. The summed E-state index contributed by atoms with van der Waals surface area (Å²) in [5, 5.41) is 5.41. The van der Waals surface area contributed by atoms with Gasteiger partial charge in [-0.2, -0.15) is 0 Å². The van der Waals surface area contributed by atoms with Crippen molar-refractivity contribution in [1.82, 2.24) is 15.2 Å². The van der Waals surface area contributed by atoms with E-state index in [0.29, 0.717) is 0 Å². The molecule has 104 valence electrons. The Labute approximate surface area is 118 Å². The zero-order chi connectivity index (χ0) is 13.7. The molecule has 0 saturated carbocycles. The first-order valence-corrected chi connectivity index (χ1v) is 7.47.